The zero-order valence-corrected chi connectivity index (χ0v) is 14.3. The number of rotatable bonds is 5. The lowest BCUT2D eigenvalue weighted by molar-refractivity contribution is -0.137. The van der Waals surface area contributed by atoms with Crippen molar-refractivity contribution in [2.45, 2.75) is 59.3 Å². The molecule has 0 heterocycles. The van der Waals surface area contributed by atoms with Gasteiger partial charge in [-0.1, -0.05) is 51.7 Å². The third-order valence-electron chi connectivity index (χ3n) is 6.71. The van der Waals surface area contributed by atoms with Crippen LogP contribution in [0.3, 0.4) is 0 Å². The minimum absolute atomic E-state index is 0.175. The summed E-state index contributed by atoms with van der Waals surface area (Å²) in [6.45, 7) is 14.8. The van der Waals surface area contributed by atoms with Gasteiger partial charge in [-0.05, 0) is 55.8 Å². The number of fused-ring (bicyclic) bond motifs is 1. The van der Waals surface area contributed by atoms with Gasteiger partial charge in [0.25, 0.3) is 0 Å². The summed E-state index contributed by atoms with van der Waals surface area (Å²) in [5.41, 5.74) is 1.74. The minimum atomic E-state index is -0.723. The lowest BCUT2D eigenvalue weighted by Gasteiger charge is -2.57. The predicted octanol–water partition coefficient (Wildman–Crippen LogP) is 5.37. The number of carbonyl (C=O) groups is 1. The molecule has 0 aromatic carbocycles. The summed E-state index contributed by atoms with van der Waals surface area (Å²) in [6, 6.07) is 0. The molecule has 2 aliphatic rings. The van der Waals surface area contributed by atoms with Crippen LogP contribution >= 0.6 is 0 Å². The summed E-state index contributed by atoms with van der Waals surface area (Å²) < 4.78 is 0. The van der Waals surface area contributed by atoms with Crippen LogP contribution < -0.4 is 0 Å². The molecule has 1 N–H and O–H groups in total. The largest absolute Gasteiger partial charge is 0.478 e. The molecule has 0 aromatic rings. The van der Waals surface area contributed by atoms with E-state index >= 15 is 0 Å². The molecule has 4 atom stereocenters. The van der Waals surface area contributed by atoms with Gasteiger partial charge in [-0.2, -0.15) is 0 Å². The summed E-state index contributed by atoms with van der Waals surface area (Å²) in [7, 11) is 0. The van der Waals surface area contributed by atoms with Crippen LogP contribution in [0.1, 0.15) is 59.3 Å². The number of allylic oxidation sites excluding steroid dienone is 3. The fourth-order valence-electron chi connectivity index (χ4n) is 4.97. The normalized spacial score (nSPS) is 37.9. The van der Waals surface area contributed by atoms with E-state index in [9.17, 15) is 9.90 Å². The van der Waals surface area contributed by atoms with E-state index < -0.39 is 5.97 Å². The van der Waals surface area contributed by atoms with Gasteiger partial charge in [-0.15, -0.1) is 0 Å². The van der Waals surface area contributed by atoms with E-state index in [4.69, 9.17) is 0 Å². The Bertz CT molecular complexity index is 516. The average molecular weight is 302 g/mol. The predicted molar refractivity (Wildman–Crippen MR) is 91.6 cm³/mol. The lowest BCUT2D eigenvalue weighted by atomic mass is 9.46. The fraction of sp³-hybridized carbons (Fsp3) is 0.650. The van der Waals surface area contributed by atoms with Gasteiger partial charge in [0.15, 0.2) is 0 Å². The van der Waals surface area contributed by atoms with Crippen molar-refractivity contribution in [1.82, 2.24) is 0 Å². The van der Waals surface area contributed by atoms with Gasteiger partial charge in [0.2, 0.25) is 0 Å². The van der Waals surface area contributed by atoms with E-state index in [1.54, 1.807) is 0 Å². The Hall–Kier alpha value is -1.31. The van der Waals surface area contributed by atoms with E-state index in [0.717, 1.165) is 44.1 Å². The topological polar surface area (TPSA) is 37.3 Å². The molecule has 0 amide bonds. The Morgan fingerprint density at radius 3 is 2.73 bits per heavy atom. The summed E-state index contributed by atoms with van der Waals surface area (Å²) in [5.74, 6) is 0.341. The van der Waals surface area contributed by atoms with Gasteiger partial charge in [0, 0.05) is 11.0 Å². The maximum Gasteiger partial charge on any atom is 0.331 e. The molecule has 2 heteroatoms. The molecule has 0 saturated heterocycles. The SMILES string of the molecule is C=CC(=C)CC[C@@]1(C)[C@H](C)CC[C@]2(C)C(C(=O)O)=CCC[C@H]12. The van der Waals surface area contributed by atoms with Crippen molar-refractivity contribution in [3.05, 3.63) is 36.5 Å². The maximum atomic E-state index is 11.7. The summed E-state index contributed by atoms with van der Waals surface area (Å²) in [4.78, 5) is 11.7. The second-order valence-electron chi connectivity index (χ2n) is 7.78. The number of carboxylic acid groups (broad SMARTS) is 1. The Labute approximate surface area is 135 Å². The van der Waals surface area contributed by atoms with E-state index in [2.05, 4.69) is 33.9 Å². The first kappa shape index (κ1) is 17.1. The first-order chi connectivity index (χ1) is 10.3. The minimum Gasteiger partial charge on any atom is -0.478 e. The second-order valence-corrected chi connectivity index (χ2v) is 7.78. The number of hydrogen-bond acceptors (Lipinski definition) is 1. The molecule has 1 fully saturated rings. The van der Waals surface area contributed by atoms with Crippen LogP contribution in [0.2, 0.25) is 0 Å². The molecule has 0 aromatic heterocycles. The lowest BCUT2D eigenvalue weighted by Crippen LogP contribution is -2.51. The number of aliphatic carboxylic acids is 1. The van der Waals surface area contributed by atoms with Crippen LogP contribution in [0.4, 0.5) is 0 Å². The Kier molecular flexibility index (Phi) is 4.70. The highest BCUT2D eigenvalue weighted by Gasteiger charge is 2.55. The molecule has 2 aliphatic carbocycles. The van der Waals surface area contributed by atoms with Crippen molar-refractivity contribution in [1.29, 1.82) is 0 Å². The van der Waals surface area contributed by atoms with Crippen LogP contribution in [0, 0.1) is 22.7 Å². The molecule has 0 radical (unpaired) electrons. The fourth-order valence-corrected chi connectivity index (χ4v) is 4.97. The maximum absolute atomic E-state index is 11.7. The molecule has 0 aliphatic heterocycles. The van der Waals surface area contributed by atoms with Crippen molar-refractivity contribution in [2.24, 2.45) is 22.7 Å². The summed E-state index contributed by atoms with van der Waals surface area (Å²) >= 11 is 0. The van der Waals surface area contributed by atoms with E-state index in [1.165, 1.54) is 0 Å². The highest BCUT2D eigenvalue weighted by Crippen LogP contribution is 2.62. The Balaban J connectivity index is 2.34. The van der Waals surface area contributed by atoms with Crippen LogP contribution in [-0.2, 0) is 4.79 Å². The molecule has 122 valence electrons. The second kappa shape index (κ2) is 6.06. The highest BCUT2D eigenvalue weighted by atomic mass is 16.4. The van der Waals surface area contributed by atoms with Gasteiger partial charge < -0.3 is 5.11 Å². The zero-order valence-electron chi connectivity index (χ0n) is 14.3. The smallest absolute Gasteiger partial charge is 0.331 e. The molecule has 0 unspecified atom stereocenters. The van der Waals surface area contributed by atoms with Crippen molar-refractivity contribution >= 4 is 5.97 Å². The molecular formula is C20H30O2. The summed E-state index contributed by atoms with van der Waals surface area (Å²) in [5, 5.41) is 9.64. The van der Waals surface area contributed by atoms with Gasteiger partial charge in [-0.25, -0.2) is 4.79 Å². The molecule has 2 nitrogen and oxygen atoms in total. The van der Waals surface area contributed by atoms with Gasteiger partial charge in [-0.3, -0.25) is 0 Å². The standard InChI is InChI=1S/C20H30O2/c1-6-14(2)10-12-19(4)15(3)11-13-20(5)16(18(21)22)8-7-9-17(19)20/h6,8,15,17H,1-2,7,9-13H2,3-5H3,(H,21,22)/t15-,17-,19+,20-/m1/s1. The zero-order chi connectivity index (χ0) is 16.5. The van der Waals surface area contributed by atoms with E-state index in [1.807, 2.05) is 12.2 Å². The van der Waals surface area contributed by atoms with Crippen molar-refractivity contribution < 1.29 is 9.90 Å². The van der Waals surface area contributed by atoms with Crippen LogP contribution in [0.25, 0.3) is 0 Å². The molecule has 0 bridgehead atoms. The van der Waals surface area contributed by atoms with Crippen LogP contribution in [0.5, 0.6) is 0 Å². The quantitative estimate of drug-likeness (QED) is 0.693. The van der Waals surface area contributed by atoms with Gasteiger partial charge in [0.05, 0.1) is 0 Å². The molecule has 0 spiro atoms. The average Bonchev–Trinajstić information content (AvgIpc) is 2.48. The third kappa shape index (κ3) is 2.68. The van der Waals surface area contributed by atoms with Crippen molar-refractivity contribution in [3.63, 3.8) is 0 Å². The van der Waals surface area contributed by atoms with E-state index in [0.29, 0.717) is 17.4 Å². The van der Waals surface area contributed by atoms with Crippen LogP contribution in [-0.4, -0.2) is 11.1 Å². The Morgan fingerprint density at radius 1 is 1.45 bits per heavy atom. The number of hydrogen-bond donors (Lipinski definition) is 1. The van der Waals surface area contributed by atoms with Gasteiger partial charge in [0.1, 0.15) is 0 Å². The molecule has 22 heavy (non-hydrogen) atoms. The number of carboxylic acids is 1. The Morgan fingerprint density at radius 2 is 2.14 bits per heavy atom. The highest BCUT2D eigenvalue weighted by molar-refractivity contribution is 5.88. The van der Waals surface area contributed by atoms with Crippen LogP contribution in [0.15, 0.2) is 36.5 Å². The third-order valence-corrected chi connectivity index (χ3v) is 6.71. The van der Waals surface area contributed by atoms with Gasteiger partial charge >= 0.3 is 5.97 Å². The molecule has 1 saturated carbocycles. The van der Waals surface area contributed by atoms with E-state index in [-0.39, 0.29) is 10.8 Å². The summed E-state index contributed by atoms with van der Waals surface area (Å²) in [6.07, 6.45) is 9.96. The molecule has 2 rings (SSSR count). The first-order valence-electron chi connectivity index (χ1n) is 8.50. The van der Waals surface area contributed by atoms with Crippen molar-refractivity contribution in [3.8, 4) is 0 Å². The monoisotopic (exact) mass is 302 g/mol. The first-order valence-corrected chi connectivity index (χ1v) is 8.50. The van der Waals surface area contributed by atoms with Crippen molar-refractivity contribution in [2.75, 3.05) is 0 Å². The molecular weight excluding hydrogens is 272 g/mol.